The van der Waals surface area contributed by atoms with Gasteiger partial charge in [-0.25, -0.2) is 4.79 Å². The number of nitrogen functional groups attached to an aromatic ring is 1. The molecule has 0 radical (unpaired) electrons. The van der Waals surface area contributed by atoms with E-state index in [1.165, 1.54) is 12.1 Å². The Morgan fingerprint density at radius 3 is 2.90 bits per heavy atom. The number of rotatable bonds is 4. The van der Waals surface area contributed by atoms with E-state index >= 15 is 0 Å². The lowest BCUT2D eigenvalue weighted by atomic mass is 10.0. The fourth-order valence-corrected chi connectivity index (χ4v) is 2.37. The number of fused-ring (bicyclic) bond motifs is 1. The summed E-state index contributed by atoms with van der Waals surface area (Å²) in [4.78, 5) is 10.9. The summed E-state index contributed by atoms with van der Waals surface area (Å²) in [5.41, 5.74) is 7.41. The third-order valence-electron chi connectivity index (χ3n) is 3.50. The molecule has 1 aliphatic rings. The Bertz CT molecular complexity index is 684. The van der Waals surface area contributed by atoms with Crippen molar-refractivity contribution in [3.05, 3.63) is 53.6 Å². The SMILES string of the molecule is Nc1cc(C(=O)O)ccc1OCC1COc2ccccc21. The molecular formula is C16H15NO4. The van der Waals surface area contributed by atoms with Gasteiger partial charge in [-0.2, -0.15) is 0 Å². The molecule has 5 heteroatoms. The van der Waals surface area contributed by atoms with Crippen LogP contribution in [0.3, 0.4) is 0 Å². The van der Waals surface area contributed by atoms with Crippen LogP contribution in [0.2, 0.25) is 0 Å². The molecule has 21 heavy (non-hydrogen) atoms. The quantitative estimate of drug-likeness (QED) is 0.843. The third kappa shape index (κ3) is 2.63. The molecule has 1 aliphatic heterocycles. The van der Waals surface area contributed by atoms with Gasteiger partial charge in [0.15, 0.2) is 0 Å². The Labute approximate surface area is 121 Å². The highest BCUT2D eigenvalue weighted by Crippen LogP contribution is 2.34. The van der Waals surface area contributed by atoms with Gasteiger partial charge in [0, 0.05) is 5.56 Å². The Balaban J connectivity index is 1.70. The van der Waals surface area contributed by atoms with Crippen LogP contribution in [0.5, 0.6) is 11.5 Å². The van der Waals surface area contributed by atoms with Gasteiger partial charge in [-0.15, -0.1) is 0 Å². The van der Waals surface area contributed by atoms with Gasteiger partial charge in [0.25, 0.3) is 0 Å². The third-order valence-corrected chi connectivity index (χ3v) is 3.50. The summed E-state index contributed by atoms with van der Waals surface area (Å²) in [7, 11) is 0. The lowest BCUT2D eigenvalue weighted by Crippen LogP contribution is -2.12. The molecule has 1 atom stereocenters. The highest BCUT2D eigenvalue weighted by molar-refractivity contribution is 5.89. The molecule has 0 saturated carbocycles. The predicted octanol–water partition coefficient (Wildman–Crippen LogP) is 2.52. The summed E-state index contributed by atoms with van der Waals surface area (Å²) in [6, 6.07) is 12.3. The highest BCUT2D eigenvalue weighted by atomic mass is 16.5. The van der Waals surface area contributed by atoms with Crippen LogP contribution in [0.1, 0.15) is 21.8 Å². The standard InChI is InChI=1S/C16H15NO4/c17-13-7-10(16(18)19)5-6-15(13)21-9-11-8-20-14-4-2-1-3-12(11)14/h1-7,11H,8-9,17H2,(H,18,19). The van der Waals surface area contributed by atoms with E-state index in [1.807, 2.05) is 24.3 Å². The van der Waals surface area contributed by atoms with Crippen molar-refractivity contribution in [3.63, 3.8) is 0 Å². The molecule has 0 aliphatic carbocycles. The molecule has 1 unspecified atom stereocenters. The lowest BCUT2D eigenvalue weighted by molar-refractivity contribution is 0.0697. The predicted molar refractivity (Wildman–Crippen MR) is 78.0 cm³/mol. The molecule has 2 aromatic rings. The van der Waals surface area contributed by atoms with Gasteiger partial charge in [0.1, 0.15) is 11.5 Å². The monoisotopic (exact) mass is 285 g/mol. The van der Waals surface area contributed by atoms with Gasteiger partial charge in [0.05, 0.1) is 30.4 Å². The first-order valence-corrected chi connectivity index (χ1v) is 6.62. The van der Waals surface area contributed by atoms with Crippen LogP contribution in [-0.2, 0) is 0 Å². The number of carboxylic acids is 1. The van der Waals surface area contributed by atoms with E-state index in [2.05, 4.69) is 0 Å². The molecule has 0 spiro atoms. The van der Waals surface area contributed by atoms with Crippen molar-refractivity contribution >= 4 is 11.7 Å². The Hall–Kier alpha value is -2.69. The summed E-state index contributed by atoms with van der Waals surface area (Å²) in [5, 5.41) is 8.90. The number of anilines is 1. The second-order valence-corrected chi connectivity index (χ2v) is 4.91. The number of ether oxygens (including phenoxy) is 2. The minimum Gasteiger partial charge on any atom is -0.493 e. The van der Waals surface area contributed by atoms with Crippen LogP contribution in [0, 0.1) is 0 Å². The van der Waals surface area contributed by atoms with E-state index in [0.29, 0.717) is 24.7 Å². The number of para-hydroxylation sites is 1. The largest absolute Gasteiger partial charge is 0.493 e. The van der Waals surface area contributed by atoms with Crippen LogP contribution in [0.15, 0.2) is 42.5 Å². The summed E-state index contributed by atoms with van der Waals surface area (Å²) in [5.74, 6) is 0.524. The van der Waals surface area contributed by atoms with Crippen molar-refractivity contribution in [1.29, 1.82) is 0 Å². The average Bonchev–Trinajstić information content (AvgIpc) is 2.89. The molecule has 0 fully saturated rings. The number of carbonyl (C=O) groups is 1. The second-order valence-electron chi connectivity index (χ2n) is 4.91. The fourth-order valence-electron chi connectivity index (χ4n) is 2.37. The Morgan fingerprint density at radius 1 is 1.33 bits per heavy atom. The summed E-state index contributed by atoms with van der Waals surface area (Å²) < 4.78 is 11.3. The first-order chi connectivity index (χ1) is 10.1. The smallest absolute Gasteiger partial charge is 0.335 e. The van der Waals surface area contributed by atoms with Crippen molar-refractivity contribution in [2.24, 2.45) is 0 Å². The van der Waals surface area contributed by atoms with Crippen molar-refractivity contribution in [1.82, 2.24) is 0 Å². The first kappa shape index (κ1) is 13.3. The molecule has 0 amide bonds. The van der Waals surface area contributed by atoms with Crippen molar-refractivity contribution in [2.75, 3.05) is 18.9 Å². The Morgan fingerprint density at radius 2 is 2.14 bits per heavy atom. The van der Waals surface area contributed by atoms with E-state index in [0.717, 1.165) is 11.3 Å². The number of nitrogens with two attached hydrogens (primary N) is 1. The molecule has 0 saturated heterocycles. The van der Waals surface area contributed by atoms with Gasteiger partial charge in [0.2, 0.25) is 0 Å². The summed E-state index contributed by atoms with van der Waals surface area (Å²) in [6.07, 6.45) is 0. The zero-order valence-electron chi connectivity index (χ0n) is 11.3. The van der Waals surface area contributed by atoms with E-state index in [1.54, 1.807) is 6.07 Å². The fraction of sp³-hybridized carbons (Fsp3) is 0.188. The first-order valence-electron chi connectivity index (χ1n) is 6.62. The normalized spacial score (nSPS) is 16.1. The van der Waals surface area contributed by atoms with Crippen molar-refractivity contribution in [2.45, 2.75) is 5.92 Å². The van der Waals surface area contributed by atoms with E-state index in [-0.39, 0.29) is 11.5 Å². The average molecular weight is 285 g/mol. The molecule has 0 bridgehead atoms. The maximum Gasteiger partial charge on any atom is 0.335 e. The maximum atomic E-state index is 10.9. The molecule has 0 aromatic heterocycles. The van der Waals surface area contributed by atoms with Crippen molar-refractivity contribution in [3.8, 4) is 11.5 Å². The molecule has 3 rings (SSSR count). The van der Waals surface area contributed by atoms with Gasteiger partial charge in [-0.3, -0.25) is 0 Å². The minimum absolute atomic E-state index is 0.148. The summed E-state index contributed by atoms with van der Waals surface area (Å²) >= 11 is 0. The van der Waals surface area contributed by atoms with Crippen molar-refractivity contribution < 1.29 is 19.4 Å². The summed E-state index contributed by atoms with van der Waals surface area (Å²) in [6.45, 7) is 1.01. The van der Waals surface area contributed by atoms with E-state index < -0.39 is 5.97 Å². The zero-order valence-corrected chi connectivity index (χ0v) is 11.3. The van der Waals surface area contributed by atoms with Crippen LogP contribution < -0.4 is 15.2 Å². The molecule has 1 heterocycles. The number of carboxylic acid groups (broad SMARTS) is 1. The van der Waals surface area contributed by atoms with Gasteiger partial charge < -0.3 is 20.3 Å². The van der Waals surface area contributed by atoms with E-state index in [4.69, 9.17) is 20.3 Å². The lowest BCUT2D eigenvalue weighted by Gasteiger charge is -2.13. The number of hydrogen-bond donors (Lipinski definition) is 2. The van der Waals surface area contributed by atoms with Gasteiger partial charge in [-0.05, 0) is 24.3 Å². The number of aromatic carboxylic acids is 1. The van der Waals surface area contributed by atoms with Gasteiger partial charge in [-0.1, -0.05) is 18.2 Å². The zero-order chi connectivity index (χ0) is 14.8. The number of benzene rings is 2. The van der Waals surface area contributed by atoms with Crippen LogP contribution >= 0.6 is 0 Å². The van der Waals surface area contributed by atoms with Gasteiger partial charge >= 0.3 is 5.97 Å². The molecule has 108 valence electrons. The number of hydrogen-bond acceptors (Lipinski definition) is 4. The molecule has 2 aromatic carbocycles. The second kappa shape index (κ2) is 5.36. The molecular weight excluding hydrogens is 270 g/mol. The van der Waals surface area contributed by atoms with Crippen LogP contribution in [0.25, 0.3) is 0 Å². The molecule has 5 nitrogen and oxygen atoms in total. The topological polar surface area (TPSA) is 81.8 Å². The maximum absolute atomic E-state index is 10.9. The molecule has 3 N–H and O–H groups in total. The van der Waals surface area contributed by atoms with Crippen LogP contribution in [0.4, 0.5) is 5.69 Å². The van der Waals surface area contributed by atoms with E-state index in [9.17, 15) is 4.79 Å². The van der Waals surface area contributed by atoms with Crippen LogP contribution in [-0.4, -0.2) is 24.3 Å². The highest BCUT2D eigenvalue weighted by Gasteiger charge is 2.24. The Kier molecular flexibility index (Phi) is 3.39. The minimum atomic E-state index is -1.01.